The van der Waals surface area contributed by atoms with Gasteiger partial charge in [0.25, 0.3) is 0 Å². The van der Waals surface area contributed by atoms with Crippen LogP contribution in [0.2, 0.25) is 5.02 Å². The number of rotatable bonds is 2. The summed E-state index contributed by atoms with van der Waals surface area (Å²) in [6, 6.07) is 0.416. The van der Waals surface area contributed by atoms with Gasteiger partial charge in [-0.1, -0.05) is 11.6 Å². The molecule has 2 fully saturated rings. The number of likely N-dealkylation sites (N-methyl/N-ethyl adjacent to an activating group) is 1. The molecule has 0 radical (unpaired) electrons. The van der Waals surface area contributed by atoms with E-state index in [4.69, 9.17) is 16.3 Å². The van der Waals surface area contributed by atoms with E-state index in [2.05, 4.69) is 21.9 Å². The third kappa shape index (κ3) is 3.59. The number of urea groups is 1. The Morgan fingerprint density at radius 2 is 1.86 bits per heavy atom. The Morgan fingerprint density at radius 3 is 2.55 bits per heavy atom. The Hall–Kier alpha value is -1.60. The number of piperazine rings is 1. The molecule has 2 aliphatic heterocycles. The molecule has 0 spiro atoms. The van der Waals surface area contributed by atoms with E-state index in [-0.39, 0.29) is 12.1 Å². The third-order valence-corrected chi connectivity index (χ3v) is 4.25. The van der Waals surface area contributed by atoms with E-state index in [1.807, 2.05) is 9.80 Å². The number of carbonyl (C=O) groups is 1. The molecule has 0 saturated carbocycles. The smallest absolute Gasteiger partial charge is 0.320 e. The van der Waals surface area contributed by atoms with E-state index in [9.17, 15) is 4.79 Å². The van der Waals surface area contributed by atoms with Crippen LogP contribution >= 0.6 is 11.6 Å². The molecule has 7 nitrogen and oxygen atoms in total. The van der Waals surface area contributed by atoms with Gasteiger partial charge in [-0.15, -0.1) is 0 Å². The summed E-state index contributed by atoms with van der Waals surface area (Å²) in [5.41, 5.74) is 0. The highest BCUT2D eigenvalue weighted by Crippen LogP contribution is 2.17. The van der Waals surface area contributed by atoms with Crippen molar-refractivity contribution in [1.29, 1.82) is 0 Å². The minimum absolute atomic E-state index is 0.0578. The molecule has 22 heavy (non-hydrogen) atoms. The van der Waals surface area contributed by atoms with Crippen LogP contribution in [0.25, 0.3) is 0 Å². The summed E-state index contributed by atoms with van der Waals surface area (Å²) < 4.78 is 5.71. The maximum absolute atomic E-state index is 12.5. The maximum atomic E-state index is 12.5. The van der Waals surface area contributed by atoms with Crippen molar-refractivity contribution in [3.8, 4) is 6.01 Å². The molecule has 2 amide bonds. The fraction of sp³-hybridized carbons (Fsp3) is 0.643. The van der Waals surface area contributed by atoms with Crippen LogP contribution in [-0.4, -0.2) is 83.1 Å². The molecule has 3 heterocycles. The predicted molar refractivity (Wildman–Crippen MR) is 82.1 cm³/mol. The van der Waals surface area contributed by atoms with Crippen LogP contribution in [-0.2, 0) is 0 Å². The molecule has 1 unspecified atom stereocenters. The summed E-state index contributed by atoms with van der Waals surface area (Å²) in [7, 11) is 2.08. The highest BCUT2D eigenvalue weighted by molar-refractivity contribution is 6.30. The highest BCUT2D eigenvalue weighted by Gasteiger charge is 2.31. The van der Waals surface area contributed by atoms with Gasteiger partial charge in [0.1, 0.15) is 6.10 Å². The maximum Gasteiger partial charge on any atom is 0.320 e. The SMILES string of the molecule is CN1CCN(C(=O)N2CCC(Oc3ncc(Cl)cn3)C2)CC1. The van der Waals surface area contributed by atoms with Gasteiger partial charge >= 0.3 is 12.0 Å². The quantitative estimate of drug-likeness (QED) is 0.810. The van der Waals surface area contributed by atoms with Gasteiger partial charge in [0.05, 0.1) is 24.0 Å². The van der Waals surface area contributed by atoms with Gasteiger partial charge in [-0.25, -0.2) is 14.8 Å². The van der Waals surface area contributed by atoms with Gasteiger partial charge in [-0.05, 0) is 7.05 Å². The first kappa shape index (κ1) is 15.3. The Bertz CT molecular complexity index is 518. The Kier molecular flexibility index (Phi) is 4.63. The van der Waals surface area contributed by atoms with Crippen molar-refractivity contribution in [2.75, 3.05) is 46.3 Å². The Morgan fingerprint density at radius 1 is 1.18 bits per heavy atom. The lowest BCUT2D eigenvalue weighted by atomic mass is 10.3. The van der Waals surface area contributed by atoms with Gasteiger partial charge in [-0.2, -0.15) is 0 Å². The van der Waals surface area contributed by atoms with Crippen LogP contribution in [0.1, 0.15) is 6.42 Å². The fourth-order valence-electron chi connectivity index (χ4n) is 2.71. The number of nitrogens with zero attached hydrogens (tertiary/aromatic N) is 5. The van der Waals surface area contributed by atoms with Gasteiger partial charge in [0.2, 0.25) is 0 Å². The normalized spacial score (nSPS) is 22.9. The number of aromatic nitrogens is 2. The monoisotopic (exact) mass is 325 g/mol. The lowest BCUT2D eigenvalue weighted by molar-refractivity contribution is 0.123. The van der Waals surface area contributed by atoms with Crippen LogP contribution < -0.4 is 4.74 Å². The number of ether oxygens (including phenoxy) is 1. The fourth-order valence-corrected chi connectivity index (χ4v) is 2.80. The van der Waals surface area contributed by atoms with E-state index in [0.717, 1.165) is 32.6 Å². The van der Waals surface area contributed by atoms with E-state index in [1.165, 1.54) is 12.4 Å². The molecule has 0 aliphatic carbocycles. The molecule has 0 aromatic carbocycles. The lowest BCUT2D eigenvalue weighted by Crippen LogP contribution is -2.51. The summed E-state index contributed by atoms with van der Waals surface area (Å²) in [5, 5.41) is 0.477. The standard InChI is InChI=1S/C14H20ClN5O2/c1-18-4-6-19(7-5-18)14(21)20-3-2-12(10-20)22-13-16-8-11(15)9-17-13/h8-9,12H,2-7,10H2,1H3. The van der Waals surface area contributed by atoms with Crippen molar-refractivity contribution in [3.05, 3.63) is 17.4 Å². The molecule has 3 rings (SSSR count). The van der Waals surface area contributed by atoms with Crippen molar-refractivity contribution in [2.24, 2.45) is 0 Å². The Balaban J connectivity index is 1.51. The zero-order chi connectivity index (χ0) is 15.5. The molecule has 1 aromatic rings. The second-order valence-electron chi connectivity index (χ2n) is 5.73. The van der Waals surface area contributed by atoms with Crippen molar-refractivity contribution in [3.63, 3.8) is 0 Å². The second kappa shape index (κ2) is 6.66. The first-order valence-electron chi connectivity index (χ1n) is 7.48. The molecular weight excluding hydrogens is 306 g/mol. The van der Waals surface area contributed by atoms with E-state index < -0.39 is 0 Å². The highest BCUT2D eigenvalue weighted by atomic mass is 35.5. The van der Waals surface area contributed by atoms with Crippen molar-refractivity contribution in [1.82, 2.24) is 24.7 Å². The summed E-state index contributed by atoms with van der Waals surface area (Å²) in [6.45, 7) is 4.73. The van der Waals surface area contributed by atoms with Crippen LogP contribution in [0.4, 0.5) is 4.79 Å². The largest absolute Gasteiger partial charge is 0.458 e. The molecule has 0 bridgehead atoms. The Labute approximate surface area is 134 Å². The number of likely N-dealkylation sites (tertiary alicyclic amines) is 1. The summed E-state index contributed by atoms with van der Waals surface area (Å²) in [4.78, 5) is 26.5. The lowest BCUT2D eigenvalue weighted by Gasteiger charge is -2.34. The van der Waals surface area contributed by atoms with Crippen LogP contribution in [0.3, 0.4) is 0 Å². The first-order valence-corrected chi connectivity index (χ1v) is 7.86. The summed E-state index contributed by atoms with van der Waals surface area (Å²) in [5.74, 6) is 0. The first-order chi connectivity index (χ1) is 10.6. The number of carbonyl (C=O) groups excluding carboxylic acids is 1. The van der Waals surface area contributed by atoms with Crippen molar-refractivity contribution in [2.45, 2.75) is 12.5 Å². The average molecular weight is 326 g/mol. The zero-order valence-electron chi connectivity index (χ0n) is 12.6. The summed E-state index contributed by atoms with van der Waals surface area (Å²) in [6.07, 6.45) is 3.75. The molecule has 2 aliphatic rings. The van der Waals surface area contributed by atoms with Crippen molar-refractivity contribution >= 4 is 17.6 Å². The van der Waals surface area contributed by atoms with Gasteiger partial charge < -0.3 is 19.4 Å². The molecule has 1 aromatic heterocycles. The van der Waals surface area contributed by atoms with Gasteiger partial charge in [0, 0.05) is 39.1 Å². The molecule has 8 heteroatoms. The summed E-state index contributed by atoms with van der Waals surface area (Å²) >= 11 is 5.75. The third-order valence-electron chi connectivity index (χ3n) is 4.06. The van der Waals surface area contributed by atoms with E-state index >= 15 is 0 Å². The predicted octanol–water partition coefficient (Wildman–Crippen LogP) is 0.950. The molecule has 2 saturated heterocycles. The van der Waals surface area contributed by atoms with Crippen LogP contribution in [0.15, 0.2) is 12.4 Å². The second-order valence-corrected chi connectivity index (χ2v) is 6.17. The zero-order valence-corrected chi connectivity index (χ0v) is 13.4. The van der Waals surface area contributed by atoms with E-state index in [1.54, 1.807) is 0 Å². The minimum atomic E-state index is -0.0578. The number of halogens is 1. The van der Waals surface area contributed by atoms with Crippen LogP contribution in [0, 0.1) is 0 Å². The van der Waals surface area contributed by atoms with Gasteiger partial charge in [-0.3, -0.25) is 0 Å². The molecule has 1 atom stereocenters. The number of amides is 2. The van der Waals surface area contributed by atoms with Gasteiger partial charge in [0.15, 0.2) is 0 Å². The number of hydrogen-bond donors (Lipinski definition) is 0. The molecular formula is C14H20ClN5O2. The number of hydrogen-bond acceptors (Lipinski definition) is 5. The topological polar surface area (TPSA) is 61.8 Å². The average Bonchev–Trinajstić information content (AvgIpc) is 2.98. The molecule has 120 valence electrons. The van der Waals surface area contributed by atoms with E-state index in [0.29, 0.717) is 24.1 Å². The van der Waals surface area contributed by atoms with Crippen LogP contribution in [0.5, 0.6) is 6.01 Å². The minimum Gasteiger partial charge on any atom is -0.458 e. The molecule has 0 N–H and O–H groups in total. The van der Waals surface area contributed by atoms with Crippen molar-refractivity contribution < 1.29 is 9.53 Å².